The first-order valence-corrected chi connectivity index (χ1v) is 7.80. The Kier molecular flexibility index (Phi) is 3.66. The van der Waals surface area contributed by atoms with Gasteiger partial charge in [-0.05, 0) is 30.3 Å². The lowest BCUT2D eigenvalue weighted by Gasteiger charge is -2.11. The van der Waals surface area contributed by atoms with Crippen LogP contribution in [0.25, 0.3) is 22.6 Å². The SMILES string of the molecule is O=S(=O)(O)c1ccnc(-c2ccccn2)c1-c1ccccn1. The monoisotopic (exact) mass is 313 g/mol. The van der Waals surface area contributed by atoms with Crippen LogP contribution in [0.4, 0.5) is 0 Å². The Morgan fingerprint density at radius 2 is 1.41 bits per heavy atom. The number of hydrogen-bond acceptors (Lipinski definition) is 5. The van der Waals surface area contributed by atoms with Crippen LogP contribution in [0.15, 0.2) is 66.0 Å². The van der Waals surface area contributed by atoms with Crippen molar-refractivity contribution in [1.29, 1.82) is 0 Å². The van der Waals surface area contributed by atoms with Gasteiger partial charge in [-0.2, -0.15) is 8.42 Å². The summed E-state index contributed by atoms with van der Waals surface area (Å²) in [6.07, 6.45) is 4.44. The fourth-order valence-corrected chi connectivity index (χ4v) is 2.81. The Hall–Kier alpha value is -2.64. The average Bonchev–Trinajstić information content (AvgIpc) is 2.55. The molecule has 0 aliphatic carbocycles. The molecule has 6 nitrogen and oxygen atoms in total. The van der Waals surface area contributed by atoms with E-state index in [1.54, 1.807) is 42.6 Å². The van der Waals surface area contributed by atoms with Gasteiger partial charge in [0.1, 0.15) is 4.90 Å². The van der Waals surface area contributed by atoms with Crippen LogP contribution in [0, 0.1) is 0 Å². The summed E-state index contributed by atoms with van der Waals surface area (Å²) in [4.78, 5) is 12.3. The second-order valence-electron chi connectivity index (χ2n) is 4.44. The van der Waals surface area contributed by atoms with Gasteiger partial charge in [0.25, 0.3) is 10.1 Å². The number of nitrogens with zero attached hydrogens (tertiary/aromatic N) is 3. The molecule has 7 heteroatoms. The zero-order valence-corrected chi connectivity index (χ0v) is 12.1. The number of aromatic nitrogens is 3. The van der Waals surface area contributed by atoms with Gasteiger partial charge in [0.05, 0.1) is 17.1 Å². The van der Waals surface area contributed by atoms with Gasteiger partial charge in [-0.15, -0.1) is 0 Å². The summed E-state index contributed by atoms with van der Waals surface area (Å²) in [5.74, 6) is 0. The van der Waals surface area contributed by atoms with Crippen LogP contribution >= 0.6 is 0 Å². The molecule has 110 valence electrons. The van der Waals surface area contributed by atoms with Crippen LogP contribution in [0.3, 0.4) is 0 Å². The average molecular weight is 313 g/mol. The maximum atomic E-state index is 11.7. The molecule has 3 heterocycles. The Balaban J connectivity index is 2.37. The second-order valence-corrected chi connectivity index (χ2v) is 5.83. The standard InChI is InChI=1S/C15H11N3O3S/c19-22(20,21)13-7-10-18-15(12-6-2-4-9-17-12)14(13)11-5-1-3-8-16-11/h1-10H,(H,19,20,21). The van der Waals surface area contributed by atoms with Gasteiger partial charge in [-0.25, -0.2) is 0 Å². The molecule has 3 aromatic heterocycles. The molecular formula is C15H11N3O3S. The van der Waals surface area contributed by atoms with E-state index in [2.05, 4.69) is 15.0 Å². The summed E-state index contributed by atoms with van der Waals surface area (Å²) >= 11 is 0. The lowest BCUT2D eigenvalue weighted by atomic mass is 10.1. The first kappa shape index (κ1) is 14.3. The molecule has 3 rings (SSSR count). The lowest BCUT2D eigenvalue weighted by Crippen LogP contribution is -2.04. The first-order valence-electron chi connectivity index (χ1n) is 6.36. The van der Waals surface area contributed by atoms with Gasteiger partial charge in [0.2, 0.25) is 0 Å². The van der Waals surface area contributed by atoms with E-state index in [1.807, 2.05) is 0 Å². The molecule has 0 unspecified atom stereocenters. The predicted octanol–water partition coefficient (Wildman–Crippen LogP) is 2.45. The Bertz CT molecular complexity index is 898. The molecule has 0 bridgehead atoms. The van der Waals surface area contributed by atoms with E-state index < -0.39 is 10.1 Å². The van der Waals surface area contributed by atoms with E-state index in [1.165, 1.54) is 18.5 Å². The number of hydrogen-bond donors (Lipinski definition) is 1. The van der Waals surface area contributed by atoms with Crippen molar-refractivity contribution in [3.8, 4) is 22.6 Å². The molecule has 0 amide bonds. The molecule has 1 N–H and O–H groups in total. The van der Waals surface area contributed by atoms with Crippen molar-refractivity contribution in [3.63, 3.8) is 0 Å². The van der Waals surface area contributed by atoms with Crippen LogP contribution in [-0.4, -0.2) is 27.9 Å². The van der Waals surface area contributed by atoms with E-state index in [9.17, 15) is 13.0 Å². The van der Waals surface area contributed by atoms with Crippen molar-refractivity contribution in [1.82, 2.24) is 15.0 Å². The predicted molar refractivity (Wildman–Crippen MR) is 80.5 cm³/mol. The van der Waals surface area contributed by atoms with Crippen molar-refractivity contribution >= 4 is 10.1 Å². The van der Waals surface area contributed by atoms with E-state index >= 15 is 0 Å². The van der Waals surface area contributed by atoms with Crippen LogP contribution in [0.2, 0.25) is 0 Å². The van der Waals surface area contributed by atoms with Crippen molar-refractivity contribution < 1.29 is 13.0 Å². The quantitative estimate of drug-likeness (QED) is 0.747. The van der Waals surface area contributed by atoms with Gasteiger partial charge >= 0.3 is 0 Å². The molecule has 0 saturated carbocycles. The summed E-state index contributed by atoms with van der Waals surface area (Å²) in [5, 5.41) is 0. The molecule has 0 aromatic carbocycles. The molecule has 0 atom stereocenters. The van der Waals surface area contributed by atoms with E-state index in [0.29, 0.717) is 17.1 Å². The summed E-state index contributed by atoms with van der Waals surface area (Å²) in [6, 6.07) is 11.6. The van der Waals surface area contributed by atoms with Crippen LogP contribution in [0.5, 0.6) is 0 Å². The molecule has 0 aliphatic rings. The first-order chi connectivity index (χ1) is 10.6. The molecule has 3 aromatic rings. The molecule has 0 saturated heterocycles. The van der Waals surface area contributed by atoms with Crippen molar-refractivity contribution in [2.75, 3.05) is 0 Å². The fraction of sp³-hybridized carbons (Fsp3) is 0. The van der Waals surface area contributed by atoms with Crippen molar-refractivity contribution in [3.05, 3.63) is 61.1 Å². The highest BCUT2D eigenvalue weighted by Crippen LogP contribution is 2.33. The summed E-state index contributed by atoms with van der Waals surface area (Å²) in [5.41, 5.74) is 1.45. The minimum absolute atomic E-state index is 0.226. The van der Waals surface area contributed by atoms with E-state index in [0.717, 1.165) is 0 Å². The molecule has 0 fully saturated rings. The van der Waals surface area contributed by atoms with Gasteiger partial charge in [0, 0.05) is 24.2 Å². The zero-order valence-electron chi connectivity index (χ0n) is 11.3. The highest BCUT2D eigenvalue weighted by atomic mass is 32.2. The summed E-state index contributed by atoms with van der Waals surface area (Å²) < 4.78 is 32.9. The van der Waals surface area contributed by atoms with Crippen molar-refractivity contribution in [2.24, 2.45) is 0 Å². The molecule has 0 spiro atoms. The Labute approximate surface area is 127 Å². The minimum atomic E-state index is -4.42. The van der Waals surface area contributed by atoms with Gasteiger partial charge in [0.15, 0.2) is 0 Å². The minimum Gasteiger partial charge on any atom is -0.282 e. The van der Waals surface area contributed by atoms with E-state index in [4.69, 9.17) is 0 Å². The van der Waals surface area contributed by atoms with Gasteiger partial charge in [-0.1, -0.05) is 12.1 Å². The third kappa shape index (κ3) is 2.72. The van der Waals surface area contributed by atoms with E-state index in [-0.39, 0.29) is 10.5 Å². The van der Waals surface area contributed by atoms with Crippen molar-refractivity contribution in [2.45, 2.75) is 4.90 Å². The zero-order chi connectivity index (χ0) is 15.6. The summed E-state index contributed by atoms with van der Waals surface area (Å²) in [6.45, 7) is 0. The molecule has 0 aliphatic heterocycles. The molecule has 0 radical (unpaired) electrons. The maximum Gasteiger partial charge on any atom is 0.295 e. The Morgan fingerprint density at radius 3 is 1.95 bits per heavy atom. The second kappa shape index (κ2) is 5.63. The molecular weight excluding hydrogens is 302 g/mol. The number of pyridine rings is 3. The van der Waals surface area contributed by atoms with Gasteiger partial charge < -0.3 is 0 Å². The normalized spacial score (nSPS) is 11.3. The van der Waals surface area contributed by atoms with Crippen LogP contribution in [-0.2, 0) is 10.1 Å². The largest absolute Gasteiger partial charge is 0.295 e. The smallest absolute Gasteiger partial charge is 0.282 e. The topological polar surface area (TPSA) is 93.0 Å². The summed E-state index contributed by atoms with van der Waals surface area (Å²) in [7, 11) is -4.42. The molecule has 22 heavy (non-hydrogen) atoms. The third-order valence-electron chi connectivity index (χ3n) is 3.02. The van der Waals surface area contributed by atoms with Crippen LogP contribution < -0.4 is 0 Å². The highest BCUT2D eigenvalue weighted by molar-refractivity contribution is 7.86. The fourth-order valence-electron chi connectivity index (χ4n) is 2.11. The third-order valence-corrected chi connectivity index (χ3v) is 3.92. The lowest BCUT2D eigenvalue weighted by molar-refractivity contribution is 0.483. The van der Waals surface area contributed by atoms with Gasteiger partial charge in [-0.3, -0.25) is 19.5 Å². The Morgan fingerprint density at radius 1 is 0.773 bits per heavy atom. The van der Waals surface area contributed by atoms with Crippen LogP contribution in [0.1, 0.15) is 0 Å². The maximum absolute atomic E-state index is 11.7. The number of rotatable bonds is 3. The highest BCUT2D eigenvalue weighted by Gasteiger charge is 2.22.